The van der Waals surface area contributed by atoms with E-state index >= 15 is 0 Å². The monoisotopic (exact) mass is 448 g/mol. The molecule has 4 rings (SSSR count). The zero-order valence-electron chi connectivity index (χ0n) is 18.6. The molecular formula is C23H36N4O3S. The van der Waals surface area contributed by atoms with Gasteiger partial charge in [0.2, 0.25) is 5.91 Å². The molecule has 0 saturated carbocycles. The van der Waals surface area contributed by atoms with Crippen LogP contribution in [0.4, 0.5) is 0 Å². The number of hydrogen-bond donors (Lipinski definition) is 0. The molecule has 0 bridgehead atoms. The number of ether oxygens (including phenoxy) is 1. The Morgan fingerprint density at radius 3 is 2.45 bits per heavy atom. The van der Waals surface area contributed by atoms with Crippen molar-refractivity contribution < 1.29 is 9.53 Å². The number of rotatable bonds is 7. The van der Waals surface area contributed by atoms with Gasteiger partial charge in [-0.15, -0.1) is 0 Å². The molecule has 0 radical (unpaired) electrons. The molecule has 2 aliphatic heterocycles. The number of carbonyl (C=O) groups excluding carboxylic acids is 1. The molecule has 1 aromatic rings. The summed E-state index contributed by atoms with van der Waals surface area (Å²) in [4.78, 5) is 34.5. The Balaban J connectivity index is 1.41. The molecule has 1 aromatic heterocycles. The number of thioether (sulfide) groups is 1. The summed E-state index contributed by atoms with van der Waals surface area (Å²) in [6.07, 6.45) is 9.75. The van der Waals surface area contributed by atoms with Gasteiger partial charge in [0, 0.05) is 50.5 Å². The van der Waals surface area contributed by atoms with Crippen LogP contribution in [0.25, 0.3) is 0 Å². The van der Waals surface area contributed by atoms with Gasteiger partial charge in [-0.2, -0.15) is 4.98 Å². The molecule has 0 N–H and O–H groups in total. The molecule has 3 heterocycles. The highest BCUT2D eigenvalue weighted by molar-refractivity contribution is 7.99. The smallest absolute Gasteiger partial charge is 0.348 e. The van der Waals surface area contributed by atoms with Crippen LogP contribution in [0.2, 0.25) is 0 Å². The van der Waals surface area contributed by atoms with Gasteiger partial charge < -0.3 is 9.64 Å². The van der Waals surface area contributed by atoms with Gasteiger partial charge in [-0.3, -0.25) is 14.3 Å². The normalized spacial score (nSPS) is 20.3. The first-order valence-corrected chi connectivity index (χ1v) is 13.0. The summed E-state index contributed by atoms with van der Waals surface area (Å²) < 4.78 is 7.33. The van der Waals surface area contributed by atoms with E-state index in [-0.39, 0.29) is 11.6 Å². The van der Waals surface area contributed by atoms with Crippen molar-refractivity contribution in [3.8, 4) is 0 Å². The highest BCUT2D eigenvalue weighted by atomic mass is 32.2. The predicted molar refractivity (Wildman–Crippen MR) is 123 cm³/mol. The van der Waals surface area contributed by atoms with Crippen LogP contribution >= 0.6 is 11.8 Å². The molecule has 172 valence electrons. The first-order chi connectivity index (χ1) is 15.2. The predicted octanol–water partition coefficient (Wildman–Crippen LogP) is 2.34. The van der Waals surface area contributed by atoms with Crippen molar-refractivity contribution in [2.75, 3.05) is 51.7 Å². The second-order valence-corrected chi connectivity index (χ2v) is 9.84. The van der Waals surface area contributed by atoms with Gasteiger partial charge in [-0.1, -0.05) is 24.6 Å². The van der Waals surface area contributed by atoms with E-state index in [0.717, 1.165) is 108 Å². The second kappa shape index (κ2) is 11.5. The van der Waals surface area contributed by atoms with Gasteiger partial charge in [0.15, 0.2) is 0 Å². The molecule has 1 amide bonds. The second-order valence-electron chi connectivity index (χ2n) is 8.87. The summed E-state index contributed by atoms with van der Waals surface area (Å²) in [5.74, 6) is 0.577. The van der Waals surface area contributed by atoms with E-state index in [1.807, 2.05) is 9.47 Å². The van der Waals surface area contributed by atoms with E-state index in [1.165, 1.54) is 30.2 Å². The van der Waals surface area contributed by atoms with E-state index < -0.39 is 0 Å². The van der Waals surface area contributed by atoms with Crippen LogP contribution in [0.1, 0.15) is 56.2 Å². The number of carbonyl (C=O) groups is 1. The first-order valence-electron chi connectivity index (χ1n) is 12.1. The maximum absolute atomic E-state index is 12.9. The molecular weight excluding hydrogens is 412 g/mol. The first kappa shape index (κ1) is 22.8. The van der Waals surface area contributed by atoms with Crippen molar-refractivity contribution in [3.05, 3.63) is 21.7 Å². The van der Waals surface area contributed by atoms with Crippen molar-refractivity contribution in [2.45, 2.75) is 69.4 Å². The number of nitrogens with zero attached hydrogens (tertiary/aromatic N) is 4. The Kier molecular flexibility index (Phi) is 8.44. The maximum Gasteiger partial charge on any atom is 0.348 e. The Morgan fingerprint density at radius 2 is 1.68 bits per heavy atom. The van der Waals surface area contributed by atoms with Crippen molar-refractivity contribution in [1.29, 1.82) is 0 Å². The van der Waals surface area contributed by atoms with Gasteiger partial charge in [-0.05, 0) is 44.9 Å². The molecule has 3 aliphatic rings. The zero-order valence-corrected chi connectivity index (χ0v) is 19.5. The summed E-state index contributed by atoms with van der Waals surface area (Å²) in [7, 11) is 0. The lowest BCUT2D eigenvalue weighted by Crippen LogP contribution is -2.38. The van der Waals surface area contributed by atoms with Crippen molar-refractivity contribution in [2.24, 2.45) is 0 Å². The molecule has 0 aromatic carbocycles. The van der Waals surface area contributed by atoms with Gasteiger partial charge in [-0.25, -0.2) is 4.79 Å². The van der Waals surface area contributed by atoms with Crippen LogP contribution < -0.4 is 5.69 Å². The van der Waals surface area contributed by atoms with Gasteiger partial charge in [0.05, 0.1) is 19.0 Å². The standard InChI is InChI=1S/C23H36N4O3S/c28-21(26-11-5-1-2-6-12-26)18-31-22-19-8-3-4-9-20(19)27(23(29)24-22)13-7-10-25-14-16-30-17-15-25/h1-18H2. The molecule has 0 atom stereocenters. The fraction of sp³-hybridized carbons (Fsp3) is 0.783. The molecule has 2 saturated heterocycles. The zero-order chi connectivity index (χ0) is 21.5. The van der Waals surface area contributed by atoms with Crippen LogP contribution in [0.15, 0.2) is 9.82 Å². The molecule has 0 unspecified atom stereocenters. The number of likely N-dealkylation sites (tertiary alicyclic amines) is 1. The SMILES string of the molecule is O=C(CSc1nc(=O)n(CCCN2CCOCC2)c2c1CCCC2)N1CCCCCC1. The number of morpholine rings is 1. The summed E-state index contributed by atoms with van der Waals surface area (Å²) in [6.45, 7) is 7.02. The number of aromatic nitrogens is 2. The van der Waals surface area contributed by atoms with Crippen LogP contribution in [0.3, 0.4) is 0 Å². The third kappa shape index (κ3) is 6.11. The lowest BCUT2D eigenvalue weighted by atomic mass is 9.97. The molecule has 8 heteroatoms. The topological polar surface area (TPSA) is 67.7 Å². The van der Waals surface area contributed by atoms with Crippen molar-refractivity contribution in [1.82, 2.24) is 19.4 Å². The number of hydrogen-bond acceptors (Lipinski definition) is 6. The summed E-state index contributed by atoms with van der Waals surface area (Å²) in [5, 5.41) is 0.798. The maximum atomic E-state index is 12.9. The Hall–Kier alpha value is -1.38. The lowest BCUT2D eigenvalue weighted by molar-refractivity contribution is -0.128. The van der Waals surface area contributed by atoms with Crippen LogP contribution in [-0.2, 0) is 28.9 Å². The third-order valence-corrected chi connectivity index (χ3v) is 7.70. The molecule has 7 nitrogen and oxygen atoms in total. The quantitative estimate of drug-likeness (QED) is 0.471. The molecule has 31 heavy (non-hydrogen) atoms. The molecule has 1 aliphatic carbocycles. The average molecular weight is 449 g/mol. The van der Waals surface area contributed by atoms with E-state index in [9.17, 15) is 9.59 Å². The summed E-state index contributed by atoms with van der Waals surface area (Å²) in [6, 6.07) is 0. The average Bonchev–Trinajstić information content (AvgIpc) is 3.09. The van der Waals surface area contributed by atoms with Crippen LogP contribution in [0, 0.1) is 0 Å². The highest BCUT2D eigenvalue weighted by Crippen LogP contribution is 2.29. The molecule has 0 spiro atoms. The van der Waals surface area contributed by atoms with E-state index in [4.69, 9.17) is 4.74 Å². The summed E-state index contributed by atoms with van der Waals surface area (Å²) >= 11 is 1.48. The minimum absolute atomic E-state index is 0.146. The van der Waals surface area contributed by atoms with Crippen molar-refractivity contribution in [3.63, 3.8) is 0 Å². The fourth-order valence-electron chi connectivity index (χ4n) is 4.92. The van der Waals surface area contributed by atoms with Gasteiger partial charge >= 0.3 is 5.69 Å². The van der Waals surface area contributed by atoms with Crippen LogP contribution in [0.5, 0.6) is 0 Å². The van der Waals surface area contributed by atoms with E-state index in [1.54, 1.807) is 0 Å². The largest absolute Gasteiger partial charge is 0.379 e. The van der Waals surface area contributed by atoms with Crippen molar-refractivity contribution >= 4 is 17.7 Å². The minimum atomic E-state index is -0.146. The Labute approximate surface area is 189 Å². The number of amides is 1. The van der Waals surface area contributed by atoms with E-state index in [0.29, 0.717) is 5.75 Å². The third-order valence-electron chi connectivity index (χ3n) is 6.70. The minimum Gasteiger partial charge on any atom is -0.379 e. The number of fused-ring (bicyclic) bond motifs is 1. The highest BCUT2D eigenvalue weighted by Gasteiger charge is 2.22. The lowest BCUT2D eigenvalue weighted by Gasteiger charge is -2.27. The van der Waals surface area contributed by atoms with E-state index in [2.05, 4.69) is 9.88 Å². The Morgan fingerprint density at radius 1 is 0.935 bits per heavy atom. The Bertz CT molecular complexity index is 799. The fourth-order valence-corrected chi connectivity index (χ4v) is 5.90. The van der Waals surface area contributed by atoms with Crippen LogP contribution in [-0.4, -0.2) is 76.9 Å². The van der Waals surface area contributed by atoms with Gasteiger partial charge in [0.25, 0.3) is 0 Å². The van der Waals surface area contributed by atoms with Gasteiger partial charge in [0.1, 0.15) is 5.03 Å². The molecule has 2 fully saturated rings. The summed E-state index contributed by atoms with van der Waals surface area (Å²) in [5.41, 5.74) is 2.23.